The molecule has 0 aliphatic rings. The molecule has 1 unspecified atom stereocenters. The summed E-state index contributed by atoms with van der Waals surface area (Å²) >= 11 is 3.48. The van der Waals surface area contributed by atoms with Crippen LogP contribution in [0.25, 0.3) is 10.8 Å². The van der Waals surface area contributed by atoms with Crippen LogP contribution >= 0.6 is 15.9 Å². The van der Waals surface area contributed by atoms with Gasteiger partial charge in [-0.05, 0) is 47.2 Å². The van der Waals surface area contributed by atoms with Crippen molar-refractivity contribution in [1.82, 2.24) is 0 Å². The fourth-order valence-corrected chi connectivity index (χ4v) is 3.05. The Bertz CT molecular complexity index is 813. The lowest BCUT2D eigenvalue weighted by Gasteiger charge is -2.18. The van der Waals surface area contributed by atoms with Crippen LogP contribution < -0.4 is 5.73 Å². The second-order valence-corrected chi connectivity index (χ2v) is 6.08. The van der Waals surface area contributed by atoms with Crippen LogP contribution in [0.1, 0.15) is 22.7 Å². The first kappa shape index (κ1) is 14.2. The Morgan fingerprint density at radius 3 is 2.43 bits per heavy atom. The van der Waals surface area contributed by atoms with E-state index in [-0.39, 0.29) is 11.9 Å². The minimum absolute atomic E-state index is 0.215. The van der Waals surface area contributed by atoms with Crippen LogP contribution in [-0.2, 0) is 0 Å². The van der Waals surface area contributed by atoms with Gasteiger partial charge < -0.3 is 5.73 Å². The zero-order chi connectivity index (χ0) is 15.0. The van der Waals surface area contributed by atoms with Crippen LogP contribution in [0.2, 0.25) is 0 Å². The van der Waals surface area contributed by atoms with Gasteiger partial charge in [0.2, 0.25) is 0 Å². The number of rotatable bonds is 2. The molecular weight excluding hydrogens is 329 g/mol. The molecule has 0 aromatic heterocycles. The maximum atomic E-state index is 13.9. The van der Waals surface area contributed by atoms with Gasteiger partial charge in [-0.1, -0.05) is 52.3 Å². The van der Waals surface area contributed by atoms with E-state index in [1.165, 1.54) is 6.07 Å². The number of benzene rings is 3. The predicted octanol–water partition coefficient (Wildman–Crippen LogP) is 5.10. The van der Waals surface area contributed by atoms with Crippen LogP contribution in [-0.4, -0.2) is 0 Å². The highest BCUT2D eigenvalue weighted by Gasteiger charge is 2.16. The van der Waals surface area contributed by atoms with Crippen molar-refractivity contribution >= 4 is 26.7 Å². The van der Waals surface area contributed by atoms with E-state index in [9.17, 15) is 4.39 Å². The number of aryl methyl sites for hydroxylation is 1. The highest BCUT2D eigenvalue weighted by Crippen LogP contribution is 2.31. The molecule has 3 rings (SSSR count). The van der Waals surface area contributed by atoms with Gasteiger partial charge >= 0.3 is 0 Å². The maximum absolute atomic E-state index is 13.9. The molecule has 3 heteroatoms. The molecule has 0 bridgehead atoms. The maximum Gasteiger partial charge on any atom is 0.131 e. The van der Waals surface area contributed by atoms with Gasteiger partial charge in [0, 0.05) is 9.86 Å². The molecule has 0 spiro atoms. The monoisotopic (exact) mass is 343 g/mol. The van der Waals surface area contributed by atoms with Crippen molar-refractivity contribution in [2.24, 2.45) is 5.73 Å². The molecule has 0 fully saturated rings. The summed E-state index contributed by atoms with van der Waals surface area (Å²) in [7, 11) is 0. The molecule has 21 heavy (non-hydrogen) atoms. The summed E-state index contributed by atoms with van der Waals surface area (Å²) in [5.74, 6) is -0.215. The smallest absolute Gasteiger partial charge is 0.131 e. The molecule has 3 aromatic carbocycles. The van der Waals surface area contributed by atoms with E-state index < -0.39 is 0 Å². The van der Waals surface area contributed by atoms with Crippen molar-refractivity contribution in [3.05, 3.63) is 81.6 Å². The molecule has 0 heterocycles. The summed E-state index contributed by atoms with van der Waals surface area (Å²) < 4.78 is 14.9. The third kappa shape index (κ3) is 2.59. The number of hydrogen-bond acceptors (Lipinski definition) is 1. The molecule has 0 radical (unpaired) electrons. The molecule has 0 aliphatic carbocycles. The lowest BCUT2D eigenvalue weighted by Crippen LogP contribution is -2.14. The normalized spacial score (nSPS) is 12.6. The zero-order valence-electron chi connectivity index (χ0n) is 11.6. The van der Waals surface area contributed by atoms with Gasteiger partial charge in [-0.25, -0.2) is 4.39 Å². The summed E-state index contributed by atoms with van der Waals surface area (Å²) in [6, 6.07) is 16.5. The zero-order valence-corrected chi connectivity index (χ0v) is 13.2. The molecule has 1 nitrogen and oxygen atoms in total. The standard InChI is InChI=1S/C18H15BrFN/c1-11-6-7-12(19)10-16(11)18(21)15-8-9-17(20)14-5-3-2-4-13(14)15/h2-10,18H,21H2,1H3. The van der Waals surface area contributed by atoms with Crippen LogP contribution in [0, 0.1) is 12.7 Å². The molecule has 106 valence electrons. The van der Waals surface area contributed by atoms with Gasteiger partial charge in [0.1, 0.15) is 5.82 Å². The van der Waals surface area contributed by atoms with Crippen molar-refractivity contribution < 1.29 is 4.39 Å². The van der Waals surface area contributed by atoms with Crippen LogP contribution in [0.3, 0.4) is 0 Å². The summed E-state index contributed by atoms with van der Waals surface area (Å²) in [4.78, 5) is 0. The van der Waals surface area contributed by atoms with Crippen LogP contribution in [0.5, 0.6) is 0 Å². The van der Waals surface area contributed by atoms with Gasteiger partial charge in [-0.3, -0.25) is 0 Å². The quantitative estimate of drug-likeness (QED) is 0.688. The van der Waals surface area contributed by atoms with Gasteiger partial charge in [0.15, 0.2) is 0 Å². The molecular formula is C18H15BrFN. The summed E-state index contributed by atoms with van der Waals surface area (Å²) in [6.45, 7) is 2.04. The highest BCUT2D eigenvalue weighted by atomic mass is 79.9. The van der Waals surface area contributed by atoms with E-state index in [1.807, 2.05) is 43.3 Å². The molecule has 0 amide bonds. The van der Waals surface area contributed by atoms with E-state index >= 15 is 0 Å². The summed E-state index contributed by atoms with van der Waals surface area (Å²) in [5.41, 5.74) is 9.56. The first-order valence-corrected chi connectivity index (χ1v) is 7.56. The second-order valence-electron chi connectivity index (χ2n) is 5.16. The van der Waals surface area contributed by atoms with Crippen molar-refractivity contribution in [3.63, 3.8) is 0 Å². The van der Waals surface area contributed by atoms with Crippen molar-refractivity contribution in [3.8, 4) is 0 Å². The van der Waals surface area contributed by atoms with Crippen molar-refractivity contribution in [1.29, 1.82) is 0 Å². The number of hydrogen-bond donors (Lipinski definition) is 1. The topological polar surface area (TPSA) is 26.0 Å². The average molecular weight is 344 g/mol. The first-order chi connectivity index (χ1) is 10.1. The number of fused-ring (bicyclic) bond motifs is 1. The minimum atomic E-state index is -0.284. The molecule has 1 atom stereocenters. The minimum Gasteiger partial charge on any atom is -0.320 e. The average Bonchev–Trinajstić information content (AvgIpc) is 2.50. The van der Waals surface area contributed by atoms with E-state index in [4.69, 9.17) is 5.73 Å². The number of halogens is 2. The van der Waals surface area contributed by atoms with Crippen molar-refractivity contribution in [2.45, 2.75) is 13.0 Å². The Morgan fingerprint density at radius 2 is 1.67 bits per heavy atom. The Kier molecular flexibility index (Phi) is 3.79. The van der Waals surface area contributed by atoms with Gasteiger partial charge in [-0.2, -0.15) is 0 Å². The Hall–Kier alpha value is -1.71. The third-order valence-electron chi connectivity index (χ3n) is 3.82. The van der Waals surface area contributed by atoms with Crippen LogP contribution in [0.15, 0.2) is 59.1 Å². The molecule has 0 aliphatic heterocycles. The van der Waals surface area contributed by atoms with Gasteiger partial charge in [0.25, 0.3) is 0 Å². The Labute approximate surface area is 131 Å². The molecule has 3 aromatic rings. The largest absolute Gasteiger partial charge is 0.320 e. The van der Waals surface area contributed by atoms with Gasteiger partial charge in [-0.15, -0.1) is 0 Å². The lowest BCUT2D eigenvalue weighted by atomic mass is 9.92. The Morgan fingerprint density at radius 1 is 0.952 bits per heavy atom. The molecule has 2 N–H and O–H groups in total. The van der Waals surface area contributed by atoms with Crippen LogP contribution in [0.4, 0.5) is 4.39 Å². The van der Waals surface area contributed by atoms with Gasteiger partial charge in [0.05, 0.1) is 6.04 Å². The predicted molar refractivity (Wildman–Crippen MR) is 88.8 cm³/mol. The SMILES string of the molecule is Cc1ccc(Br)cc1C(N)c1ccc(F)c2ccccc12. The first-order valence-electron chi connectivity index (χ1n) is 6.76. The lowest BCUT2D eigenvalue weighted by molar-refractivity contribution is 0.639. The van der Waals surface area contributed by atoms with E-state index in [0.29, 0.717) is 5.39 Å². The second kappa shape index (κ2) is 5.58. The van der Waals surface area contributed by atoms with E-state index in [2.05, 4.69) is 15.9 Å². The summed E-state index contributed by atoms with van der Waals surface area (Å²) in [6.07, 6.45) is 0. The molecule has 0 saturated heterocycles. The van der Waals surface area contributed by atoms with E-state index in [1.54, 1.807) is 12.1 Å². The highest BCUT2D eigenvalue weighted by molar-refractivity contribution is 9.10. The third-order valence-corrected chi connectivity index (χ3v) is 4.31. The Balaban J connectivity index is 2.20. The van der Waals surface area contributed by atoms with Crippen molar-refractivity contribution in [2.75, 3.05) is 0 Å². The fourth-order valence-electron chi connectivity index (χ4n) is 2.67. The fraction of sp³-hybridized carbons (Fsp3) is 0.111. The number of nitrogens with two attached hydrogens (primary N) is 1. The van der Waals surface area contributed by atoms with E-state index in [0.717, 1.165) is 26.5 Å². The molecule has 0 saturated carbocycles. The summed E-state index contributed by atoms with van der Waals surface area (Å²) in [5, 5.41) is 1.47.